The van der Waals surface area contributed by atoms with Gasteiger partial charge in [0.1, 0.15) is 17.2 Å². The highest BCUT2D eigenvalue weighted by molar-refractivity contribution is 5.70. The van der Waals surface area contributed by atoms with Crippen molar-refractivity contribution < 1.29 is 22.4 Å². The topological polar surface area (TPSA) is 64.5 Å². The zero-order valence-electron chi connectivity index (χ0n) is 17.6. The van der Waals surface area contributed by atoms with E-state index in [9.17, 15) is 13.2 Å². The van der Waals surface area contributed by atoms with Gasteiger partial charge >= 0.3 is 6.36 Å². The number of rotatable bonds is 6. The quantitative estimate of drug-likeness (QED) is 0.687. The summed E-state index contributed by atoms with van der Waals surface area (Å²) in [5.41, 5.74) is 8.01. The van der Waals surface area contributed by atoms with Crippen LogP contribution in [-0.4, -0.2) is 35.6 Å². The normalized spacial score (nSPS) is 28.3. The number of para-hydroxylation sites is 1. The molecule has 2 aromatic rings. The van der Waals surface area contributed by atoms with Crippen molar-refractivity contribution in [1.29, 1.82) is 0 Å². The number of hydrogen-bond donors (Lipinski definition) is 1. The summed E-state index contributed by atoms with van der Waals surface area (Å²) in [6.07, 6.45) is 1.82. The third-order valence-electron chi connectivity index (χ3n) is 7.31. The second-order valence-corrected chi connectivity index (χ2v) is 9.41. The molecule has 1 heterocycles. The Labute approximate surface area is 179 Å². The summed E-state index contributed by atoms with van der Waals surface area (Å²) in [5, 5.41) is 4.22. The zero-order chi connectivity index (χ0) is 21.8. The van der Waals surface area contributed by atoms with Crippen LogP contribution < -0.4 is 10.5 Å². The Morgan fingerprint density at radius 1 is 1.13 bits per heavy atom. The fourth-order valence-electron chi connectivity index (χ4n) is 5.51. The number of nitrogens with zero attached hydrogens (tertiary/aromatic N) is 2. The maximum atomic E-state index is 13.0. The minimum absolute atomic E-state index is 0.253. The molecule has 0 saturated heterocycles. The molecule has 2 bridgehead atoms. The predicted molar refractivity (Wildman–Crippen MR) is 109 cm³/mol. The minimum atomic E-state index is -4.77. The Morgan fingerprint density at radius 3 is 2.45 bits per heavy atom. The van der Waals surface area contributed by atoms with Crippen molar-refractivity contribution in [3.63, 3.8) is 0 Å². The Hall–Kier alpha value is -2.06. The standard InChI is InChI=1S/C23H28F3N3O2/c1-29(16-10-14-8-9-15(11-16)20(14)27)12-18-21(28-31-22(18)13-6-7-13)17-4-2-3-5-19(17)30-23(24,25)26/h2-5,13-16,20H,6-12,27H2,1H3. The summed E-state index contributed by atoms with van der Waals surface area (Å²) in [7, 11) is 2.09. The largest absolute Gasteiger partial charge is 0.573 e. The average Bonchev–Trinajstić information content (AvgIpc) is 3.45. The molecule has 5 rings (SSSR count). The molecule has 31 heavy (non-hydrogen) atoms. The second-order valence-electron chi connectivity index (χ2n) is 9.41. The van der Waals surface area contributed by atoms with Gasteiger partial charge in [-0.3, -0.25) is 4.90 Å². The molecular weight excluding hydrogens is 407 g/mol. The van der Waals surface area contributed by atoms with Crippen LogP contribution in [0.1, 0.15) is 55.8 Å². The van der Waals surface area contributed by atoms with Gasteiger partial charge < -0.3 is 15.0 Å². The Bertz CT molecular complexity index is 926. The maximum absolute atomic E-state index is 13.0. The summed E-state index contributed by atoms with van der Waals surface area (Å²) in [5.74, 6) is 1.99. The van der Waals surface area contributed by atoms with Crippen molar-refractivity contribution in [1.82, 2.24) is 10.1 Å². The summed E-state index contributed by atoms with van der Waals surface area (Å²) >= 11 is 0. The molecule has 1 aromatic heterocycles. The van der Waals surface area contributed by atoms with E-state index >= 15 is 0 Å². The zero-order valence-corrected chi connectivity index (χ0v) is 17.6. The molecule has 3 saturated carbocycles. The summed E-state index contributed by atoms with van der Waals surface area (Å²) in [4.78, 5) is 2.31. The lowest BCUT2D eigenvalue weighted by atomic mass is 9.81. The van der Waals surface area contributed by atoms with E-state index < -0.39 is 6.36 Å². The number of hydrogen-bond acceptors (Lipinski definition) is 5. The van der Waals surface area contributed by atoms with Gasteiger partial charge in [-0.05, 0) is 69.5 Å². The van der Waals surface area contributed by atoms with Crippen molar-refractivity contribution in [3.8, 4) is 17.0 Å². The third-order valence-corrected chi connectivity index (χ3v) is 7.31. The summed E-state index contributed by atoms with van der Waals surface area (Å²) < 4.78 is 48.9. The molecule has 2 atom stereocenters. The molecule has 0 amide bonds. The first kappa shape index (κ1) is 20.8. The number of benzene rings is 1. The number of nitrogens with two attached hydrogens (primary N) is 1. The van der Waals surface area contributed by atoms with E-state index in [-0.39, 0.29) is 5.75 Å². The van der Waals surface area contributed by atoms with Crippen LogP contribution in [0.15, 0.2) is 28.8 Å². The Morgan fingerprint density at radius 2 is 1.81 bits per heavy atom. The van der Waals surface area contributed by atoms with Gasteiger partial charge in [0.25, 0.3) is 0 Å². The van der Waals surface area contributed by atoms with E-state index in [1.807, 2.05) is 0 Å². The van der Waals surface area contributed by atoms with Gasteiger partial charge in [-0.2, -0.15) is 0 Å². The van der Waals surface area contributed by atoms with Crippen LogP contribution in [0.25, 0.3) is 11.3 Å². The predicted octanol–water partition coefficient (Wildman–Crippen LogP) is 5.07. The second kappa shape index (κ2) is 7.81. The van der Waals surface area contributed by atoms with Gasteiger partial charge in [0, 0.05) is 35.7 Å². The van der Waals surface area contributed by atoms with Crippen LogP contribution >= 0.6 is 0 Å². The molecule has 2 N–H and O–H groups in total. The van der Waals surface area contributed by atoms with Crippen molar-refractivity contribution in [2.24, 2.45) is 17.6 Å². The van der Waals surface area contributed by atoms with Crippen molar-refractivity contribution in [2.45, 2.75) is 69.4 Å². The van der Waals surface area contributed by atoms with E-state index in [0.717, 1.165) is 37.0 Å². The maximum Gasteiger partial charge on any atom is 0.573 e. The van der Waals surface area contributed by atoms with Crippen LogP contribution in [-0.2, 0) is 6.54 Å². The first-order valence-electron chi connectivity index (χ1n) is 11.1. The lowest BCUT2D eigenvalue weighted by Gasteiger charge is -2.38. The molecule has 8 heteroatoms. The van der Waals surface area contributed by atoms with Gasteiger partial charge in [0.15, 0.2) is 0 Å². The van der Waals surface area contributed by atoms with E-state index in [4.69, 9.17) is 10.3 Å². The molecule has 5 nitrogen and oxygen atoms in total. The van der Waals surface area contributed by atoms with E-state index in [1.165, 1.54) is 25.0 Å². The molecule has 0 radical (unpaired) electrons. The monoisotopic (exact) mass is 435 g/mol. The fourth-order valence-corrected chi connectivity index (χ4v) is 5.51. The van der Waals surface area contributed by atoms with E-state index in [1.54, 1.807) is 12.1 Å². The molecule has 0 spiro atoms. The first-order chi connectivity index (χ1) is 14.8. The smallest absolute Gasteiger partial charge is 0.405 e. The molecule has 2 unspecified atom stereocenters. The van der Waals surface area contributed by atoms with Gasteiger partial charge in [-0.15, -0.1) is 13.2 Å². The molecule has 3 fully saturated rings. The Balaban J connectivity index is 1.44. The highest BCUT2D eigenvalue weighted by Crippen LogP contribution is 2.47. The minimum Gasteiger partial charge on any atom is -0.405 e. The van der Waals surface area contributed by atoms with Crippen molar-refractivity contribution >= 4 is 0 Å². The van der Waals surface area contributed by atoms with Crippen LogP contribution in [0.4, 0.5) is 13.2 Å². The summed E-state index contributed by atoms with van der Waals surface area (Å²) in [6.45, 7) is 0.588. The lowest BCUT2D eigenvalue weighted by Crippen LogP contribution is -2.45. The average molecular weight is 435 g/mol. The number of halogens is 3. The van der Waals surface area contributed by atoms with Gasteiger partial charge in [0.05, 0.1) is 0 Å². The highest BCUT2D eigenvalue weighted by Gasteiger charge is 2.42. The number of fused-ring (bicyclic) bond motifs is 2. The SMILES string of the molecule is CN(Cc1c(-c2ccccc2OC(F)(F)F)noc1C1CC1)C1CC2CCC(C1)C2N. The lowest BCUT2D eigenvalue weighted by molar-refractivity contribution is -0.274. The van der Waals surface area contributed by atoms with Gasteiger partial charge in [0.2, 0.25) is 0 Å². The molecule has 1 aromatic carbocycles. The van der Waals surface area contributed by atoms with Crippen molar-refractivity contribution in [3.05, 3.63) is 35.6 Å². The van der Waals surface area contributed by atoms with Gasteiger partial charge in [-0.1, -0.05) is 17.3 Å². The summed E-state index contributed by atoms with van der Waals surface area (Å²) in [6, 6.07) is 6.87. The van der Waals surface area contributed by atoms with Gasteiger partial charge in [-0.25, -0.2) is 0 Å². The highest BCUT2D eigenvalue weighted by atomic mass is 19.4. The molecule has 0 aliphatic heterocycles. The molecular formula is C23H28F3N3O2. The Kier molecular flexibility index (Phi) is 5.25. The van der Waals surface area contributed by atoms with Crippen LogP contribution in [0.5, 0.6) is 5.75 Å². The number of alkyl halides is 3. The molecule has 168 valence electrons. The van der Waals surface area contributed by atoms with E-state index in [2.05, 4.69) is 21.8 Å². The van der Waals surface area contributed by atoms with Crippen LogP contribution in [0.3, 0.4) is 0 Å². The van der Waals surface area contributed by atoms with E-state index in [0.29, 0.717) is 47.6 Å². The third kappa shape index (κ3) is 4.20. The van der Waals surface area contributed by atoms with Crippen LogP contribution in [0.2, 0.25) is 0 Å². The van der Waals surface area contributed by atoms with Crippen LogP contribution in [0, 0.1) is 11.8 Å². The molecule has 3 aliphatic carbocycles. The number of aromatic nitrogens is 1. The number of ether oxygens (including phenoxy) is 1. The fraction of sp³-hybridized carbons (Fsp3) is 0.609. The first-order valence-corrected chi connectivity index (χ1v) is 11.1. The molecule has 3 aliphatic rings. The van der Waals surface area contributed by atoms with Crippen molar-refractivity contribution in [2.75, 3.05) is 7.05 Å².